The van der Waals surface area contributed by atoms with Crippen LogP contribution in [0.5, 0.6) is 5.75 Å². The molecule has 154 valence electrons. The third-order valence-corrected chi connectivity index (χ3v) is 5.08. The molecule has 0 aliphatic carbocycles. The van der Waals surface area contributed by atoms with E-state index in [0.29, 0.717) is 28.4 Å². The van der Waals surface area contributed by atoms with Crippen LogP contribution in [0.2, 0.25) is 0 Å². The molecule has 0 saturated heterocycles. The predicted octanol–water partition coefficient (Wildman–Crippen LogP) is 2.68. The topological polar surface area (TPSA) is 105 Å². The fourth-order valence-corrected chi connectivity index (χ4v) is 3.43. The van der Waals surface area contributed by atoms with Gasteiger partial charge in [0.25, 0.3) is 11.5 Å². The van der Waals surface area contributed by atoms with Crippen molar-refractivity contribution in [3.63, 3.8) is 0 Å². The van der Waals surface area contributed by atoms with Crippen LogP contribution in [0.1, 0.15) is 23.7 Å². The maximum absolute atomic E-state index is 12.9. The quantitative estimate of drug-likeness (QED) is 0.619. The van der Waals surface area contributed by atoms with E-state index < -0.39 is 6.10 Å². The van der Waals surface area contributed by atoms with Crippen LogP contribution in [0.15, 0.2) is 47.3 Å². The van der Waals surface area contributed by atoms with Crippen LogP contribution < -0.4 is 20.9 Å². The monoisotopic (exact) mass is 406 g/mol. The summed E-state index contributed by atoms with van der Waals surface area (Å²) in [6.45, 7) is 5.35. The molecule has 2 amide bonds. The number of amides is 2. The molecule has 8 nitrogen and oxygen atoms in total. The van der Waals surface area contributed by atoms with Crippen molar-refractivity contribution in [3.8, 4) is 11.4 Å². The van der Waals surface area contributed by atoms with E-state index in [1.807, 2.05) is 31.2 Å². The summed E-state index contributed by atoms with van der Waals surface area (Å²) in [4.78, 5) is 37.3. The van der Waals surface area contributed by atoms with Crippen molar-refractivity contribution < 1.29 is 14.3 Å². The number of hydrogen-bond acceptors (Lipinski definition) is 4. The van der Waals surface area contributed by atoms with Crippen LogP contribution in [-0.4, -0.2) is 27.7 Å². The third kappa shape index (κ3) is 3.59. The van der Waals surface area contributed by atoms with E-state index in [2.05, 4.69) is 15.7 Å². The van der Waals surface area contributed by atoms with Gasteiger partial charge >= 0.3 is 0 Å². The number of hydrogen-bond donors (Lipinski definition) is 3. The molecule has 2 aromatic carbocycles. The fraction of sp³-hybridized carbons (Fsp3) is 0.227. The molecular formula is C22H22N4O4. The second kappa shape index (κ2) is 7.55. The normalized spacial score (nSPS) is 15.2. The lowest BCUT2D eigenvalue weighted by Gasteiger charge is -2.23. The van der Waals surface area contributed by atoms with Crippen LogP contribution in [-0.2, 0) is 16.0 Å². The highest BCUT2D eigenvalue weighted by molar-refractivity contribution is 5.99. The lowest BCUT2D eigenvalue weighted by molar-refractivity contribution is -0.122. The number of rotatable bonds is 4. The number of nitrogens with zero attached hydrogens (tertiary/aromatic N) is 1. The lowest BCUT2D eigenvalue weighted by atomic mass is 10.1. The van der Waals surface area contributed by atoms with Crippen LogP contribution in [0.4, 0.5) is 11.4 Å². The number of benzene rings is 2. The molecule has 1 aromatic heterocycles. The summed E-state index contributed by atoms with van der Waals surface area (Å²) >= 11 is 0. The zero-order chi connectivity index (χ0) is 21.4. The number of aromatic amines is 1. The molecule has 1 aliphatic rings. The van der Waals surface area contributed by atoms with E-state index in [4.69, 9.17) is 4.74 Å². The van der Waals surface area contributed by atoms with E-state index in [-0.39, 0.29) is 23.8 Å². The summed E-state index contributed by atoms with van der Waals surface area (Å²) in [7, 11) is 0. The first-order valence-corrected chi connectivity index (χ1v) is 9.61. The van der Waals surface area contributed by atoms with Gasteiger partial charge in [0, 0.05) is 16.9 Å². The molecule has 30 heavy (non-hydrogen) atoms. The largest absolute Gasteiger partial charge is 0.479 e. The van der Waals surface area contributed by atoms with Crippen molar-refractivity contribution in [1.82, 2.24) is 9.78 Å². The minimum absolute atomic E-state index is 0.0724. The van der Waals surface area contributed by atoms with Gasteiger partial charge in [-0.3, -0.25) is 19.5 Å². The van der Waals surface area contributed by atoms with Crippen molar-refractivity contribution in [2.45, 2.75) is 33.3 Å². The van der Waals surface area contributed by atoms with Gasteiger partial charge in [0.2, 0.25) is 5.91 Å². The van der Waals surface area contributed by atoms with E-state index in [1.54, 1.807) is 32.0 Å². The molecule has 0 bridgehead atoms. The van der Waals surface area contributed by atoms with Crippen molar-refractivity contribution in [1.29, 1.82) is 0 Å². The summed E-state index contributed by atoms with van der Waals surface area (Å²) in [5.74, 6) is -0.0316. The highest BCUT2D eigenvalue weighted by Gasteiger charge is 2.24. The fourth-order valence-electron chi connectivity index (χ4n) is 3.43. The minimum Gasteiger partial charge on any atom is -0.479 e. The molecule has 0 saturated carbocycles. The Morgan fingerprint density at radius 2 is 1.93 bits per heavy atom. The number of anilines is 2. The average Bonchev–Trinajstić information content (AvgIpc) is 2.97. The van der Waals surface area contributed by atoms with Crippen molar-refractivity contribution in [2.75, 3.05) is 10.6 Å². The number of H-pyrrole nitrogens is 1. The Hall–Kier alpha value is -3.81. The molecule has 1 aliphatic heterocycles. The Labute approximate surface area is 172 Å². The van der Waals surface area contributed by atoms with Crippen LogP contribution in [0.3, 0.4) is 0 Å². The summed E-state index contributed by atoms with van der Waals surface area (Å²) in [6, 6.07) is 12.5. The number of carbonyl (C=O) groups excluding carboxylic acids is 2. The molecule has 1 atom stereocenters. The van der Waals surface area contributed by atoms with Gasteiger partial charge in [0.1, 0.15) is 5.75 Å². The number of ether oxygens (including phenoxy) is 1. The minimum atomic E-state index is -0.565. The van der Waals surface area contributed by atoms with E-state index >= 15 is 0 Å². The molecule has 0 fully saturated rings. The number of para-hydroxylation sites is 1. The first-order valence-electron chi connectivity index (χ1n) is 9.61. The third-order valence-electron chi connectivity index (χ3n) is 5.08. The Bertz CT molecular complexity index is 1210. The van der Waals surface area contributed by atoms with Crippen LogP contribution in [0, 0.1) is 13.8 Å². The molecule has 4 rings (SSSR count). The molecule has 2 heterocycles. The average molecular weight is 406 g/mol. The molecule has 0 unspecified atom stereocenters. The van der Waals surface area contributed by atoms with Gasteiger partial charge in [-0.05, 0) is 50.6 Å². The lowest BCUT2D eigenvalue weighted by Crippen LogP contribution is -2.34. The van der Waals surface area contributed by atoms with Gasteiger partial charge in [-0.1, -0.05) is 18.2 Å². The van der Waals surface area contributed by atoms with Gasteiger partial charge in [-0.15, -0.1) is 0 Å². The second-order valence-corrected chi connectivity index (χ2v) is 7.33. The van der Waals surface area contributed by atoms with Crippen LogP contribution >= 0.6 is 0 Å². The van der Waals surface area contributed by atoms with Gasteiger partial charge < -0.3 is 15.4 Å². The molecule has 0 radical (unpaired) electrons. The van der Waals surface area contributed by atoms with Crippen molar-refractivity contribution >= 4 is 23.2 Å². The van der Waals surface area contributed by atoms with Gasteiger partial charge in [0.15, 0.2) is 6.10 Å². The smallest absolute Gasteiger partial charge is 0.275 e. The Morgan fingerprint density at radius 1 is 1.17 bits per heavy atom. The van der Waals surface area contributed by atoms with Gasteiger partial charge in [-0.25, -0.2) is 4.68 Å². The van der Waals surface area contributed by atoms with Gasteiger partial charge in [-0.2, -0.15) is 0 Å². The van der Waals surface area contributed by atoms with E-state index in [0.717, 1.165) is 11.3 Å². The number of aromatic nitrogens is 2. The summed E-state index contributed by atoms with van der Waals surface area (Å²) in [6.07, 6.45) is -0.637. The van der Waals surface area contributed by atoms with Crippen LogP contribution in [0.25, 0.3) is 5.69 Å². The number of aryl methyl sites for hydroxylation is 2. The highest BCUT2D eigenvalue weighted by Crippen LogP contribution is 2.32. The Balaban J connectivity index is 1.53. The first-order chi connectivity index (χ1) is 14.3. The maximum atomic E-state index is 12.9. The van der Waals surface area contributed by atoms with Gasteiger partial charge in [0.05, 0.1) is 17.8 Å². The maximum Gasteiger partial charge on any atom is 0.275 e. The Kier molecular flexibility index (Phi) is 4.91. The highest BCUT2D eigenvalue weighted by atomic mass is 16.5. The molecule has 0 spiro atoms. The predicted molar refractivity (Wildman–Crippen MR) is 113 cm³/mol. The Morgan fingerprint density at radius 3 is 2.70 bits per heavy atom. The zero-order valence-corrected chi connectivity index (χ0v) is 16.9. The standard InChI is InChI=1S/C22H22N4O4/c1-12-6-4-5-7-18(12)26-22(29)16(13(2)25-26)11-20(27)23-15-8-9-19-17(10-15)24-21(28)14(3)30-19/h4-10,14,25H,11H2,1-3H3,(H,23,27)(H,24,28)/t14-/m1/s1. The summed E-state index contributed by atoms with van der Waals surface area (Å²) in [5.41, 5.74) is 3.48. The molecule has 3 aromatic rings. The van der Waals surface area contributed by atoms with E-state index in [9.17, 15) is 14.4 Å². The zero-order valence-electron chi connectivity index (χ0n) is 16.9. The summed E-state index contributed by atoms with van der Waals surface area (Å²) < 4.78 is 6.97. The molecular weight excluding hydrogens is 384 g/mol. The van der Waals surface area contributed by atoms with Crippen molar-refractivity contribution in [3.05, 3.63) is 69.6 Å². The van der Waals surface area contributed by atoms with E-state index in [1.165, 1.54) is 4.68 Å². The first kappa shape index (κ1) is 19.5. The number of carbonyl (C=O) groups is 2. The number of nitrogens with one attached hydrogen (secondary N) is 3. The summed E-state index contributed by atoms with van der Waals surface area (Å²) in [5, 5.41) is 8.57. The SMILES string of the molecule is Cc1ccccc1-n1[nH]c(C)c(CC(=O)Nc2ccc3c(c2)NC(=O)[C@@H](C)O3)c1=O. The molecule has 8 heteroatoms. The van der Waals surface area contributed by atoms with Crippen molar-refractivity contribution in [2.24, 2.45) is 0 Å². The molecule has 3 N–H and O–H groups in total. The number of fused-ring (bicyclic) bond motifs is 1. The second-order valence-electron chi connectivity index (χ2n) is 7.33.